The van der Waals surface area contributed by atoms with Crippen LogP contribution in [0.15, 0.2) is 30.9 Å². The van der Waals surface area contributed by atoms with Gasteiger partial charge >= 0.3 is 6.18 Å². The first-order valence-electron chi connectivity index (χ1n) is 4.10. The number of alkyl halides is 3. The van der Waals surface area contributed by atoms with Crippen LogP contribution in [0, 0.1) is 0 Å². The molecule has 0 heterocycles. The molecule has 1 nitrogen and oxygen atoms in total. The highest BCUT2D eigenvalue weighted by Gasteiger charge is 2.31. The lowest BCUT2D eigenvalue weighted by Gasteiger charge is -2.12. The Hall–Kier alpha value is -0.710. The molecule has 1 rings (SSSR count). The monoisotopic (exact) mass is 271 g/mol. The van der Waals surface area contributed by atoms with Crippen LogP contribution in [0.4, 0.5) is 13.2 Å². The number of rotatable bonds is 2. The molecule has 0 radical (unpaired) electrons. The molecule has 0 unspecified atom stereocenters. The molecule has 0 spiro atoms. The van der Waals surface area contributed by atoms with Gasteiger partial charge in [0.2, 0.25) is 0 Å². The Morgan fingerprint density at radius 3 is 2.31 bits per heavy atom. The largest absolute Gasteiger partial charge is 0.416 e. The summed E-state index contributed by atoms with van der Waals surface area (Å²) in [4.78, 5) is 0. The third kappa shape index (κ3) is 3.70. The Morgan fingerprint density at radius 1 is 1.31 bits per heavy atom. The summed E-state index contributed by atoms with van der Waals surface area (Å²) in [6.07, 6.45) is -3.06. The second-order valence-electron chi connectivity index (χ2n) is 3.03. The third-order valence-electron chi connectivity index (χ3n) is 1.89. The molecule has 2 N–H and O–H groups in total. The fourth-order valence-corrected chi connectivity index (χ4v) is 1.35. The summed E-state index contributed by atoms with van der Waals surface area (Å²) in [6, 6.07) is 2.58. The second-order valence-corrected chi connectivity index (χ2v) is 3.47. The maximum absolute atomic E-state index is 12.4. The van der Waals surface area contributed by atoms with E-state index in [1.54, 1.807) is 0 Å². The summed E-state index contributed by atoms with van der Waals surface area (Å²) in [5.41, 5.74) is 5.02. The summed E-state index contributed by atoms with van der Waals surface area (Å²) < 4.78 is 37.2. The van der Waals surface area contributed by atoms with Crippen LogP contribution in [-0.2, 0) is 6.18 Å². The van der Waals surface area contributed by atoms with E-state index in [0.717, 1.165) is 12.1 Å². The van der Waals surface area contributed by atoms with E-state index in [2.05, 4.69) is 6.58 Å². The van der Waals surface area contributed by atoms with E-state index >= 15 is 0 Å². The van der Waals surface area contributed by atoms with Crippen LogP contribution in [0.25, 0.3) is 0 Å². The number of hydrogen-bond donors (Lipinski definition) is 1. The Kier molecular flexibility index (Phi) is 5.32. The van der Waals surface area contributed by atoms with E-state index < -0.39 is 17.8 Å². The lowest BCUT2D eigenvalue weighted by molar-refractivity contribution is -0.137. The SMILES string of the molecule is C=C[C@H](N)c1cc(Cl)cc(C(F)(F)F)c1.Cl. The second kappa shape index (κ2) is 5.57. The number of nitrogens with two attached hydrogens (primary N) is 1. The van der Waals surface area contributed by atoms with Crippen LogP contribution < -0.4 is 5.73 Å². The third-order valence-corrected chi connectivity index (χ3v) is 2.10. The lowest BCUT2D eigenvalue weighted by atomic mass is 10.0. The van der Waals surface area contributed by atoms with Gasteiger partial charge in [0.15, 0.2) is 0 Å². The molecule has 16 heavy (non-hydrogen) atoms. The van der Waals surface area contributed by atoms with Crippen molar-refractivity contribution in [2.24, 2.45) is 5.73 Å². The van der Waals surface area contributed by atoms with Crippen molar-refractivity contribution in [2.45, 2.75) is 12.2 Å². The zero-order valence-electron chi connectivity index (χ0n) is 8.09. The number of benzene rings is 1. The van der Waals surface area contributed by atoms with Crippen LogP contribution >= 0.6 is 24.0 Å². The zero-order chi connectivity index (χ0) is 11.6. The van der Waals surface area contributed by atoms with Crippen molar-refractivity contribution in [1.82, 2.24) is 0 Å². The van der Waals surface area contributed by atoms with Crippen molar-refractivity contribution in [3.8, 4) is 0 Å². The van der Waals surface area contributed by atoms with Crippen molar-refractivity contribution in [2.75, 3.05) is 0 Å². The van der Waals surface area contributed by atoms with Crippen molar-refractivity contribution in [1.29, 1.82) is 0 Å². The summed E-state index contributed by atoms with van der Waals surface area (Å²) in [6.45, 7) is 3.41. The van der Waals surface area contributed by atoms with Gasteiger partial charge in [-0.3, -0.25) is 0 Å². The minimum absolute atomic E-state index is 0. The van der Waals surface area contributed by atoms with Gasteiger partial charge in [0.1, 0.15) is 0 Å². The first-order chi connectivity index (χ1) is 6.84. The molecule has 0 fully saturated rings. The van der Waals surface area contributed by atoms with E-state index in [1.165, 1.54) is 12.1 Å². The van der Waals surface area contributed by atoms with Crippen molar-refractivity contribution >= 4 is 24.0 Å². The fraction of sp³-hybridized carbons (Fsp3) is 0.200. The molecule has 0 amide bonds. The maximum atomic E-state index is 12.4. The number of halogens is 5. The highest BCUT2D eigenvalue weighted by Crippen LogP contribution is 2.33. The van der Waals surface area contributed by atoms with Gasteiger partial charge in [-0.05, 0) is 23.8 Å². The predicted molar refractivity (Wildman–Crippen MR) is 60.8 cm³/mol. The lowest BCUT2D eigenvalue weighted by Crippen LogP contribution is -2.10. The molecular formula is C10H10Cl2F3N. The standard InChI is InChI=1S/C10H9ClF3N.ClH/c1-2-9(15)6-3-7(10(12,13)14)5-8(11)4-6;/h2-5,9H,1,15H2;1H/t9-;/m0./s1. The quantitative estimate of drug-likeness (QED) is 0.810. The Morgan fingerprint density at radius 2 is 1.88 bits per heavy atom. The van der Waals surface area contributed by atoms with Gasteiger partial charge in [0.25, 0.3) is 0 Å². The minimum atomic E-state index is -4.42. The van der Waals surface area contributed by atoms with Crippen LogP contribution in [0.1, 0.15) is 17.2 Å². The number of hydrogen-bond acceptors (Lipinski definition) is 1. The Bertz CT molecular complexity index is 377. The summed E-state index contributed by atoms with van der Waals surface area (Å²) in [7, 11) is 0. The topological polar surface area (TPSA) is 26.0 Å². The van der Waals surface area contributed by atoms with E-state index in [-0.39, 0.29) is 17.4 Å². The minimum Gasteiger partial charge on any atom is -0.321 e. The summed E-state index contributed by atoms with van der Waals surface area (Å²) in [5.74, 6) is 0. The molecule has 90 valence electrons. The predicted octanol–water partition coefficient (Wildman–Crippen LogP) is 3.97. The first-order valence-corrected chi connectivity index (χ1v) is 4.48. The molecule has 1 aromatic carbocycles. The van der Waals surface area contributed by atoms with Crippen molar-refractivity contribution in [3.05, 3.63) is 47.0 Å². The first kappa shape index (κ1) is 15.3. The molecule has 0 saturated carbocycles. The summed E-state index contributed by atoms with van der Waals surface area (Å²) in [5, 5.41) is 0.0112. The smallest absolute Gasteiger partial charge is 0.321 e. The van der Waals surface area contributed by atoms with Gasteiger partial charge in [-0.2, -0.15) is 13.2 Å². The molecule has 0 saturated heterocycles. The fourth-order valence-electron chi connectivity index (χ4n) is 1.10. The van der Waals surface area contributed by atoms with E-state index in [0.29, 0.717) is 5.56 Å². The van der Waals surface area contributed by atoms with Gasteiger partial charge in [0.05, 0.1) is 5.56 Å². The average molecular weight is 272 g/mol. The molecular weight excluding hydrogens is 262 g/mol. The van der Waals surface area contributed by atoms with Crippen LogP contribution in [0.3, 0.4) is 0 Å². The van der Waals surface area contributed by atoms with E-state index in [4.69, 9.17) is 17.3 Å². The van der Waals surface area contributed by atoms with Gasteiger partial charge in [-0.25, -0.2) is 0 Å². The zero-order valence-corrected chi connectivity index (χ0v) is 9.66. The van der Waals surface area contributed by atoms with Gasteiger partial charge in [-0.15, -0.1) is 19.0 Å². The average Bonchev–Trinajstić information content (AvgIpc) is 2.14. The molecule has 0 bridgehead atoms. The van der Waals surface area contributed by atoms with Crippen molar-refractivity contribution in [3.63, 3.8) is 0 Å². The molecule has 1 atom stereocenters. The molecule has 0 aliphatic heterocycles. The molecule has 0 aliphatic rings. The molecule has 1 aromatic rings. The molecule has 0 aliphatic carbocycles. The normalized spacial score (nSPS) is 12.8. The Labute approximate surface area is 102 Å². The molecule has 6 heteroatoms. The highest BCUT2D eigenvalue weighted by atomic mass is 35.5. The van der Waals surface area contributed by atoms with Gasteiger partial charge in [0, 0.05) is 11.1 Å². The van der Waals surface area contributed by atoms with Gasteiger partial charge in [-0.1, -0.05) is 17.7 Å². The van der Waals surface area contributed by atoms with E-state index in [9.17, 15) is 13.2 Å². The van der Waals surface area contributed by atoms with E-state index in [1.807, 2.05) is 0 Å². The van der Waals surface area contributed by atoms with Gasteiger partial charge < -0.3 is 5.73 Å². The molecule has 0 aromatic heterocycles. The Balaban J connectivity index is 0.00000225. The highest BCUT2D eigenvalue weighted by molar-refractivity contribution is 6.30. The van der Waals surface area contributed by atoms with Crippen molar-refractivity contribution < 1.29 is 13.2 Å². The van der Waals surface area contributed by atoms with Crippen LogP contribution in [-0.4, -0.2) is 0 Å². The van der Waals surface area contributed by atoms with Crippen LogP contribution in [0.2, 0.25) is 5.02 Å². The summed E-state index contributed by atoms with van der Waals surface area (Å²) >= 11 is 5.57. The van der Waals surface area contributed by atoms with Crippen LogP contribution in [0.5, 0.6) is 0 Å². The maximum Gasteiger partial charge on any atom is 0.416 e.